The quantitative estimate of drug-likeness (QED) is 0.390. The molecular weight excluding hydrogens is 166 g/mol. The first-order chi connectivity index (χ1) is 6.20. The lowest BCUT2D eigenvalue weighted by atomic mass is 10.2. The normalized spacial score (nSPS) is 11.2. The van der Waals surface area contributed by atoms with Crippen LogP contribution in [0.5, 0.6) is 0 Å². The number of rotatable bonds is 6. The first-order valence-corrected chi connectivity index (χ1v) is 4.70. The topological polar surface area (TPSA) is 38.3 Å². The fourth-order valence-corrected chi connectivity index (χ4v) is 0.947. The largest absolute Gasteiger partial charge is 0.466 e. The number of carbonyl (C=O) groups excluding carboxylic acids is 1. The molecule has 0 rings (SSSR count). The number of hydrogen-bond acceptors (Lipinski definition) is 3. The van der Waals surface area contributed by atoms with Crippen molar-refractivity contribution in [2.24, 2.45) is 0 Å². The molecule has 0 unspecified atom stereocenters. The Morgan fingerprint density at radius 3 is 2.69 bits per heavy atom. The van der Waals surface area contributed by atoms with Crippen LogP contribution in [0.25, 0.3) is 0 Å². The zero-order valence-corrected chi connectivity index (χ0v) is 8.72. The summed E-state index contributed by atoms with van der Waals surface area (Å²) in [5.41, 5.74) is 0.864. The molecule has 0 atom stereocenters. The summed E-state index contributed by atoms with van der Waals surface area (Å²) in [5.74, 6) is -0.305. The number of hydrogen-bond donors (Lipinski definition) is 1. The van der Waals surface area contributed by atoms with Gasteiger partial charge in [-0.05, 0) is 13.3 Å². The third kappa shape index (κ3) is 7.37. The van der Waals surface area contributed by atoms with Crippen LogP contribution in [-0.2, 0) is 9.53 Å². The van der Waals surface area contributed by atoms with Crippen LogP contribution < -0.4 is 5.32 Å². The van der Waals surface area contributed by atoms with E-state index in [9.17, 15) is 4.79 Å². The first-order valence-electron chi connectivity index (χ1n) is 4.70. The van der Waals surface area contributed by atoms with E-state index in [1.807, 2.05) is 6.92 Å². The molecule has 0 fully saturated rings. The molecule has 0 amide bonds. The number of esters is 1. The van der Waals surface area contributed by atoms with Crippen LogP contribution in [0.4, 0.5) is 0 Å². The Kier molecular flexibility index (Phi) is 7.07. The summed E-state index contributed by atoms with van der Waals surface area (Å²) in [4.78, 5) is 10.8. The average molecular weight is 185 g/mol. The van der Waals surface area contributed by atoms with Gasteiger partial charge in [0.2, 0.25) is 0 Å². The minimum Gasteiger partial charge on any atom is -0.466 e. The number of methoxy groups -OCH3 is 1. The van der Waals surface area contributed by atoms with Crippen LogP contribution in [0.2, 0.25) is 0 Å². The average Bonchev–Trinajstić information content (AvgIpc) is 2.12. The third-order valence-electron chi connectivity index (χ3n) is 1.72. The number of carbonyl (C=O) groups is 1. The summed E-state index contributed by atoms with van der Waals surface area (Å²) in [6.45, 7) is 4.95. The Hall–Kier alpha value is -0.990. The second-order valence-corrected chi connectivity index (χ2v) is 2.98. The van der Waals surface area contributed by atoms with Crippen LogP contribution in [0.15, 0.2) is 11.8 Å². The van der Waals surface area contributed by atoms with Crippen LogP contribution in [0.3, 0.4) is 0 Å². The Bertz CT molecular complexity index is 176. The number of unbranched alkanes of at least 4 members (excludes halogenated alkanes) is 2. The second kappa shape index (κ2) is 7.65. The van der Waals surface area contributed by atoms with Gasteiger partial charge >= 0.3 is 5.97 Å². The van der Waals surface area contributed by atoms with E-state index in [1.54, 1.807) is 0 Å². The molecular formula is C10H19NO2. The highest BCUT2D eigenvalue weighted by molar-refractivity contribution is 5.82. The van der Waals surface area contributed by atoms with Gasteiger partial charge in [-0.2, -0.15) is 0 Å². The van der Waals surface area contributed by atoms with E-state index in [2.05, 4.69) is 17.0 Å². The smallest absolute Gasteiger partial charge is 0.332 e. The molecule has 0 bridgehead atoms. The van der Waals surface area contributed by atoms with Gasteiger partial charge in [-0.3, -0.25) is 0 Å². The molecule has 0 saturated heterocycles. The van der Waals surface area contributed by atoms with Gasteiger partial charge in [-0.15, -0.1) is 0 Å². The van der Waals surface area contributed by atoms with E-state index in [-0.39, 0.29) is 5.97 Å². The van der Waals surface area contributed by atoms with Crippen molar-refractivity contribution in [2.45, 2.75) is 33.1 Å². The van der Waals surface area contributed by atoms with Crippen LogP contribution in [-0.4, -0.2) is 19.6 Å². The minimum absolute atomic E-state index is 0.305. The Morgan fingerprint density at radius 2 is 2.15 bits per heavy atom. The van der Waals surface area contributed by atoms with E-state index in [4.69, 9.17) is 0 Å². The SMILES string of the molecule is CCCCCN/C(C)=C\C(=O)OC. The lowest BCUT2D eigenvalue weighted by Gasteiger charge is -2.04. The first kappa shape index (κ1) is 12.0. The lowest BCUT2D eigenvalue weighted by molar-refractivity contribution is -0.134. The highest BCUT2D eigenvalue weighted by atomic mass is 16.5. The molecule has 1 N–H and O–H groups in total. The molecule has 0 heterocycles. The van der Waals surface area contributed by atoms with Gasteiger partial charge in [-0.25, -0.2) is 4.79 Å². The summed E-state index contributed by atoms with van der Waals surface area (Å²) >= 11 is 0. The Balaban J connectivity index is 3.55. The van der Waals surface area contributed by atoms with Crippen molar-refractivity contribution in [3.63, 3.8) is 0 Å². The van der Waals surface area contributed by atoms with Crippen LogP contribution in [0.1, 0.15) is 33.1 Å². The van der Waals surface area contributed by atoms with E-state index >= 15 is 0 Å². The molecule has 3 nitrogen and oxygen atoms in total. The van der Waals surface area contributed by atoms with Crippen molar-refractivity contribution in [1.82, 2.24) is 5.32 Å². The molecule has 0 aromatic carbocycles. The zero-order valence-electron chi connectivity index (χ0n) is 8.72. The summed E-state index contributed by atoms with van der Waals surface area (Å²) in [6, 6.07) is 0. The summed E-state index contributed by atoms with van der Waals surface area (Å²) in [6.07, 6.45) is 5.04. The predicted octanol–water partition coefficient (Wildman–Crippen LogP) is 1.84. The maximum atomic E-state index is 10.8. The summed E-state index contributed by atoms with van der Waals surface area (Å²) < 4.78 is 4.49. The molecule has 3 heteroatoms. The number of allylic oxidation sites excluding steroid dienone is 1. The maximum Gasteiger partial charge on any atom is 0.332 e. The van der Waals surface area contributed by atoms with E-state index in [0.717, 1.165) is 18.7 Å². The van der Waals surface area contributed by atoms with Crippen LogP contribution >= 0.6 is 0 Å². The minimum atomic E-state index is -0.305. The third-order valence-corrected chi connectivity index (χ3v) is 1.72. The van der Waals surface area contributed by atoms with Gasteiger partial charge in [0.25, 0.3) is 0 Å². The van der Waals surface area contributed by atoms with Gasteiger partial charge in [0.05, 0.1) is 7.11 Å². The molecule has 13 heavy (non-hydrogen) atoms. The van der Waals surface area contributed by atoms with E-state index < -0.39 is 0 Å². The van der Waals surface area contributed by atoms with Crippen molar-refractivity contribution in [2.75, 3.05) is 13.7 Å². The summed E-state index contributed by atoms with van der Waals surface area (Å²) in [7, 11) is 1.38. The van der Waals surface area contributed by atoms with E-state index in [1.165, 1.54) is 26.0 Å². The number of ether oxygens (including phenoxy) is 1. The molecule has 0 aliphatic carbocycles. The standard InChI is InChI=1S/C10H19NO2/c1-4-5-6-7-11-9(2)8-10(12)13-3/h8,11H,4-7H2,1-3H3/b9-8-. The van der Waals surface area contributed by atoms with Gasteiger partial charge in [-0.1, -0.05) is 19.8 Å². The van der Waals surface area contributed by atoms with Crippen molar-refractivity contribution < 1.29 is 9.53 Å². The number of nitrogens with one attached hydrogen (secondary N) is 1. The molecule has 0 aliphatic rings. The lowest BCUT2D eigenvalue weighted by Crippen LogP contribution is -2.14. The van der Waals surface area contributed by atoms with E-state index in [0.29, 0.717) is 0 Å². The Labute approximate surface area is 80.2 Å². The molecule has 0 aromatic heterocycles. The zero-order chi connectivity index (χ0) is 10.1. The molecule has 0 radical (unpaired) electrons. The molecule has 0 spiro atoms. The highest BCUT2D eigenvalue weighted by Crippen LogP contribution is 1.94. The molecule has 0 saturated carbocycles. The van der Waals surface area contributed by atoms with Gasteiger partial charge < -0.3 is 10.1 Å². The monoisotopic (exact) mass is 185 g/mol. The second-order valence-electron chi connectivity index (χ2n) is 2.98. The highest BCUT2D eigenvalue weighted by Gasteiger charge is 1.94. The van der Waals surface area contributed by atoms with Gasteiger partial charge in [0.1, 0.15) is 0 Å². The van der Waals surface area contributed by atoms with Gasteiger partial charge in [0.15, 0.2) is 0 Å². The van der Waals surface area contributed by atoms with Crippen molar-refractivity contribution >= 4 is 5.97 Å². The van der Waals surface area contributed by atoms with Crippen LogP contribution in [0, 0.1) is 0 Å². The molecule has 0 aromatic rings. The van der Waals surface area contributed by atoms with Crippen molar-refractivity contribution in [1.29, 1.82) is 0 Å². The predicted molar refractivity (Wildman–Crippen MR) is 53.3 cm³/mol. The molecule has 0 aliphatic heterocycles. The fourth-order valence-electron chi connectivity index (χ4n) is 0.947. The van der Waals surface area contributed by atoms with Crippen molar-refractivity contribution in [3.05, 3.63) is 11.8 Å². The summed E-state index contributed by atoms with van der Waals surface area (Å²) in [5, 5.41) is 3.14. The Morgan fingerprint density at radius 1 is 1.46 bits per heavy atom. The molecule has 76 valence electrons. The van der Waals surface area contributed by atoms with Crippen molar-refractivity contribution in [3.8, 4) is 0 Å². The fraction of sp³-hybridized carbons (Fsp3) is 0.700. The van der Waals surface area contributed by atoms with Gasteiger partial charge in [0, 0.05) is 18.3 Å². The maximum absolute atomic E-state index is 10.8.